The molecule has 0 heterocycles. The summed E-state index contributed by atoms with van der Waals surface area (Å²) in [4.78, 5) is 12.2. The number of rotatable bonds is 13. The topological polar surface area (TPSA) is 68.8 Å². The average Bonchev–Trinajstić information content (AvgIpc) is 2.83. The molecule has 168 valence electrons. The standard InChI is InChI=1S/C26H30N2O4/c1-2-30-18-19-32-25-14-10-23(11-15-25)28-26(29)20-27-22-8-12-24(13-9-22)31-17-16-21-6-4-3-5-7-21/h3-15,27H,2,16-20H2,1H3,(H,28,29). The molecule has 0 aliphatic heterocycles. The van der Waals surface area contributed by atoms with E-state index in [2.05, 4.69) is 22.8 Å². The molecule has 0 spiro atoms. The number of amides is 1. The van der Waals surface area contributed by atoms with Crippen molar-refractivity contribution in [1.82, 2.24) is 0 Å². The lowest BCUT2D eigenvalue weighted by Gasteiger charge is -2.10. The minimum atomic E-state index is -0.127. The Morgan fingerprint density at radius 2 is 1.38 bits per heavy atom. The molecule has 0 atom stereocenters. The molecule has 3 aromatic carbocycles. The largest absolute Gasteiger partial charge is 0.493 e. The van der Waals surface area contributed by atoms with E-state index in [1.807, 2.05) is 73.7 Å². The zero-order valence-electron chi connectivity index (χ0n) is 18.4. The quantitative estimate of drug-likeness (QED) is 0.379. The molecule has 0 radical (unpaired) electrons. The van der Waals surface area contributed by atoms with Gasteiger partial charge in [-0.1, -0.05) is 30.3 Å². The molecule has 0 aromatic heterocycles. The lowest BCUT2D eigenvalue weighted by Crippen LogP contribution is -2.21. The van der Waals surface area contributed by atoms with Gasteiger partial charge in [0, 0.05) is 24.4 Å². The fourth-order valence-electron chi connectivity index (χ4n) is 2.99. The van der Waals surface area contributed by atoms with E-state index in [4.69, 9.17) is 14.2 Å². The third-order valence-corrected chi connectivity index (χ3v) is 4.65. The molecule has 0 unspecified atom stereocenters. The zero-order valence-corrected chi connectivity index (χ0v) is 18.4. The Kier molecular flexibility index (Phi) is 9.42. The predicted molar refractivity (Wildman–Crippen MR) is 128 cm³/mol. The van der Waals surface area contributed by atoms with Crippen LogP contribution < -0.4 is 20.1 Å². The van der Waals surface area contributed by atoms with E-state index in [0.717, 1.165) is 29.3 Å². The van der Waals surface area contributed by atoms with Gasteiger partial charge in [-0.25, -0.2) is 0 Å². The smallest absolute Gasteiger partial charge is 0.243 e. The van der Waals surface area contributed by atoms with E-state index in [-0.39, 0.29) is 12.5 Å². The van der Waals surface area contributed by atoms with E-state index < -0.39 is 0 Å². The molecule has 3 rings (SSSR count). The maximum absolute atomic E-state index is 12.2. The highest BCUT2D eigenvalue weighted by atomic mass is 16.5. The van der Waals surface area contributed by atoms with Crippen LogP contribution in [0.1, 0.15) is 12.5 Å². The van der Waals surface area contributed by atoms with Crippen molar-refractivity contribution in [2.45, 2.75) is 13.3 Å². The van der Waals surface area contributed by atoms with E-state index in [9.17, 15) is 4.79 Å². The van der Waals surface area contributed by atoms with Crippen LogP contribution in [-0.2, 0) is 16.0 Å². The Morgan fingerprint density at radius 1 is 0.750 bits per heavy atom. The van der Waals surface area contributed by atoms with Gasteiger partial charge in [0.15, 0.2) is 0 Å². The Morgan fingerprint density at radius 3 is 2.03 bits per heavy atom. The second kappa shape index (κ2) is 13.0. The molecule has 0 saturated heterocycles. The number of anilines is 2. The van der Waals surface area contributed by atoms with Gasteiger partial charge in [0.05, 0.1) is 19.8 Å². The summed E-state index contributed by atoms with van der Waals surface area (Å²) >= 11 is 0. The van der Waals surface area contributed by atoms with Crippen molar-refractivity contribution in [2.24, 2.45) is 0 Å². The summed E-state index contributed by atoms with van der Waals surface area (Å²) in [6.45, 7) is 4.47. The van der Waals surface area contributed by atoms with Crippen LogP contribution in [0.2, 0.25) is 0 Å². The minimum absolute atomic E-state index is 0.127. The number of ether oxygens (including phenoxy) is 3. The van der Waals surface area contributed by atoms with Crippen molar-refractivity contribution < 1.29 is 19.0 Å². The number of carbonyl (C=O) groups is 1. The van der Waals surface area contributed by atoms with Gasteiger partial charge in [0.2, 0.25) is 5.91 Å². The summed E-state index contributed by atoms with van der Waals surface area (Å²) in [7, 11) is 0. The van der Waals surface area contributed by atoms with Gasteiger partial charge in [0.1, 0.15) is 18.1 Å². The van der Waals surface area contributed by atoms with E-state index in [1.54, 1.807) is 0 Å². The molecule has 32 heavy (non-hydrogen) atoms. The maximum atomic E-state index is 12.2. The normalized spacial score (nSPS) is 10.4. The molecule has 0 aliphatic rings. The van der Waals surface area contributed by atoms with Crippen molar-refractivity contribution >= 4 is 17.3 Å². The Hall–Kier alpha value is -3.51. The van der Waals surface area contributed by atoms with E-state index >= 15 is 0 Å². The molecular formula is C26H30N2O4. The van der Waals surface area contributed by atoms with Crippen molar-refractivity contribution in [1.29, 1.82) is 0 Å². The number of carbonyl (C=O) groups excluding carboxylic acids is 1. The van der Waals surface area contributed by atoms with Gasteiger partial charge >= 0.3 is 0 Å². The highest BCUT2D eigenvalue weighted by molar-refractivity contribution is 5.93. The first-order chi connectivity index (χ1) is 15.7. The van der Waals surface area contributed by atoms with Crippen LogP contribution in [0.4, 0.5) is 11.4 Å². The van der Waals surface area contributed by atoms with Crippen LogP contribution in [0.5, 0.6) is 11.5 Å². The van der Waals surface area contributed by atoms with Crippen molar-refractivity contribution in [3.63, 3.8) is 0 Å². The van der Waals surface area contributed by atoms with Crippen LogP contribution >= 0.6 is 0 Å². The predicted octanol–water partition coefficient (Wildman–Crippen LogP) is 4.77. The third kappa shape index (κ3) is 8.32. The first kappa shape index (κ1) is 23.2. The molecule has 3 aromatic rings. The Bertz CT molecular complexity index is 928. The second-order valence-electron chi connectivity index (χ2n) is 7.08. The van der Waals surface area contributed by atoms with Crippen LogP contribution in [0.25, 0.3) is 0 Å². The first-order valence-electron chi connectivity index (χ1n) is 10.8. The monoisotopic (exact) mass is 434 g/mol. The summed E-state index contributed by atoms with van der Waals surface area (Å²) in [6.07, 6.45) is 0.862. The first-order valence-corrected chi connectivity index (χ1v) is 10.8. The zero-order chi connectivity index (χ0) is 22.4. The fourth-order valence-corrected chi connectivity index (χ4v) is 2.99. The molecule has 0 aliphatic carbocycles. The van der Waals surface area contributed by atoms with Crippen molar-refractivity contribution in [3.05, 3.63) is 84.4 Å². The molecule has 2 N–H and O–H groups in total. The Labute approximate surface area is 189 Å². The molecule has 0 bridgehead atoms. The summed E-state index contributed by atoms with van der Waals surface area (Å²) < 4.78 is 16.6. The lowest BCUT2D eigenvalue weighted by molar-refractivity contribution is -0.114. The SMILES string of the molecule is CCOCCOc1ccc(NC(=O)CNc2ccc(OCCc3ccccc3)cc2)cc1. The lowest BCUT2D eigenvalue weighted by atomic mass is 10.2. The van der Waals surface area contributed by atoms with Crippen molar-refractivity contribution in [3.8, 4) is 11.5 Å². The molecule has 6 nitrogen and oxygen atoms in total. The number of hydrogen-bond acceptors (Lipinski definition) is 5. The molecule has 0 fully saturated rings. The molecule has 6 heteroatoms. The average molecular weight is 435 g/mol. The van der Waals surface area contributed by atoms with Gasteiger partial charge in [-0.15, -0.1) is 0 Å². The van der Waals surface area contributed by atoms with Crippen LogP contribution in [0.3, 0.4) is 0 Å². The van der Waals surface area contributed by atoms with Crippen LogP contribution in [0, 0.1) is 0 Å². The maximum Gasteiger partial charge on any atom is 0.243 e. The number of nitrogens with one attached hydrogen (secondary N) is 2. The van der Waals surface area contributed by atoms with Gasteiger partial charge in [-0.3, -0.25) is 4.79 Å². The van der Waals surface area contributed by atoms with Gasteiger partial charge in [-0.05, 0) is 61.0 Å². The molecule has 0 saturated carbocycles. The summed E-state index contributed by atoms with van der Waals surface area (Å²) in [6, 6.07) is 25.1. The number of hydrogen-bond donors (Lipinski definition) is 2. The highest BCUT2D eigenvalue weighted by Crippen LogP contribution is 2.17. The van der Waals surface area contributed by atoms with Crippen LogP contribution in [-0.4, -0.2) is 38.9 Å². The summed E-state index contributed by atoms with van der Waals surface area (Å²) in [5.41, 5.74) is 2.82. The van der Waals surface area contributed by atoms with Gasteiger partial charge < -0.3 is 24.8 Å². The number of benzene rings is 3. The van der Waals surface area contributed by atoms with Crippen molar-refractivity contribution in [2.75, 3.05) is 43.6 Å². The highest BCUT2D eigenvalue weighted by Gasteiger charge is 2.04. The summed E-state index contributed by atoms with van der Waals surface area (Å²) in [5, 5.41) is 5.98. The van der Waals surface area contributed by atoms with E-state index in [0.29, 0.717) is 26.4 Å². The summed E-state index contributed by atoms with van der Waals surface area (Å²) in [5.74, 6) is 1.42. The van der Waals surface area contributed by atoms with Crippen LogP contribution in [0.15, 0.2) is 78.9 Å². The fraction of sp³-hybridized carbons (Fsp3) is 0.269. The van der Waals surface area contributed by atoms with E-state index in [1.165, 1.54) is 5.56 Å². The minimum Gasteiger partial charge on any atom is -0.493 e. The third-order valence-electron chi connectivity index (χ3n) is 4.65. The molecular weight excluding hydrogens is 404 g/mol. The van der Waals surface area contributed by atoms with Gasteiger partial charge in [-0.2, -0.15) is 0 Å². The van der Waals surface area contributed by atoms with Gasteiger partial charge in [0.25, 0.3) is 0 Å². The second-order valence-corrected chi connectivity index (χ2v) is 7.08. The molecule has 1 amide bonds. The Balaban J connectivity index is 1.35.